The van der Waals surface area contributed by atoms with Gasteiger partial charge in [-0.3, -0.25) is 19.3 Å². The number of carbonyl (C=O) groups excluding carboxylic acids is 3. The summed E-state index contributed by atoms with van der Waals surface area (Å²) in [5, 5.41) is 9.42. The summed E-state index contributed by atoms with van der Waals surface area (Å²) in [6.07, 6.45) is 8.80. The minimum Gasteiger partial charge on any atom is -0.465 e. The molecule has 4 saturated heterocycles. The summed E-state index contributed by atoms with van der Waals surface area (Å²) in [6.45, 7) is 14.8. The van der Waals surface area contributed by atoms with Crippen molar-refractivity contribution >= 4 is 17.8 Å². The molecule has 0 radical (unpaired) electrons. The molecule has 4 fully saturated rings. The molecule has 0 aromatic rings. The van der Waals surface area contributed by atoms with Gasteiger partial charge < -0.3 is 29.1 Å². The van der Waals surface area contributed by atoms with Crippen LogP contribution in [0.3, 0.4) is 0 Å². The fourth-order valence-electron chi connectivity index (χ4n) is 7.35. The van der Waals surface area contributed by atoms with E-state index in [2.05, 4.69) is 18.1 Å². The first-order valence-corrected chi connectivity index (χ1v) is 15.5. The summed E-state index contributed by atoms with van der Waals surface area (Å²) in [7, 11) is 0. The highest BCUT2D eigenvalue weighted by Gasteiger charge is 2.79. The first kappa shape index (κ1) is 31.7. The number of nitrogens with zero attached hydrogens (tertiary/aromatic N) is 3. The molecule has 0 aliphatic carbocycles. The van der Waals surface area contributed by atoms with Crippen LogP contribution in [-0.4, -0.2) is 121 Å². The average Bonchev–Trinajstić information content (AvgIpc) is 3.59. The van der Waals surface area contributed by atoms with Crippen LogP contribution in [-0.2, 0) is 28.6 Å². The second kappa shape index (κ2) is 14.3. The van der Waals surface area contributed by atoms with Crippen LogP contribution < -0.4 is 0 Å². The molecule has 2 unspecified atom stereocenters. The first-order valence-electron chi connectivity index (χ1n) is 15.5. The second-order valence-electron chi connectivity index (χ2n) is 11.8. The van der Waals surface area contributed by atoms with Gasteiger partial charge >= 0.3 is 5.97 Å². The number of fused-ring (bicyclic) bond motifs is 1. The van der Waals surface area contributed by atoms with Gasteiger partial charge in [0.25, 0.3) is 0 Å². The summed E-state index contributed by atoms with van der Waals surface area (Å²) >= 11 is 0. The second-order valence-corrected chi connectivity index (χ2v) is 11.8. The van der Waals surface area contributed by atoms with Crippen LogP contribution in [0.4, 0.5) is 0 Å². The van der Waals surface area contributed by atoms with Crippen molar-refractivity contribution < 1.29 is 33.7 Å². The number of carbonyl (C=O) groups is 3. The van der Waals surface area contributed by atoms with Crippen molar-refractivity contribution in [2.75, 3.05) is 65.7 Å². The van der Waals surface area contributed by atoms with Gasteiger partial charge in [-0.2, -0.15) is 0 Å². The quantitative estimate of drug-likeness (QED) is 0.160. The van der Waals surface area contributed by atoms with E-state index in [1.54, 1.807) is 15.9 Å². The highest BCUT2D eigenvalue weighted by Crippen LogP contribution is 2.64. The molecular weight excluding hydrogens is 526 g/mol. The Kier molecular flexibility index (Phi) is 11.0. The largest absolute Gasteiger partial charge is 0.465 e. The zero-order valence-electron chi connectivity index (χ0n) is 24.8. The molecule has 1 spiro atoms. The van der Waals surface area contributed by atoms with Crippen LogP contribution in [0, 0.1) is 11.8 Å². The highest BCUT2D eigenvalue weighted by molar-refractivity contribution is 5.98. The molecule has 0 aromatic heterocycles. The van der Waals surface area contributed by atoms with Crippen molar-refractivity contribution in [3.8, 4) is 0 Å². The Morgan fingerprint density at radius 2 is 1.90 bits per heavy atom. The Morgan fingerprint density at radius 1 is 1.12 bits per heavy atom. The minimum atomic E-state index is -1.08. The Morgan fingerprint density at radius 3 is 2.59 bits per heavy atom. The van der Waals surface area contributed by atoms with E-state index in [4.69, 9.17) is 14.2 Å². The van der Waals surface area contributed by atoms with Gasteiger partial charge in [-0.05, 0) is 51.4 Å². The van der Waals surface area contributed by atoms with Gasteiger partial charge in [-0.15, -0.1) is 13.2 Å². The van der Waals surface area contributed by atoms with Crippen molar-refractivity contribution in [3.05, 3.63) is 25.3 Å². The standard InChI is InChI=1S/C31H49N3O7/c1-4-7-8-11-21-40-29(38)25-24-27(36)34(15-9-10-20-35)26(31(24)13-12-30(25,6-3)41-31)28(37)33(14-5-2)17-16-32-18-22-39-23-19-32/h4-5,24-26,35H,1-2,6-23H2,3H3/t24-,25-,26?,30+,31?/m0/s1. The maximum atomic E-state index is 14.5. The van der Waals surface area contributed by atoms with Gasteiger partial charge in [-0.25, -0.2) is 0 Å². The topological polar surface area (TPSA) is 109 Å². The normalized spacial score (nSPS) is 30.8. The molecule has 4 heterocycles. The van der Waals surface area contributed by atoms with Gasteiger partial charge in [0, 0.05) is 45.9 Å². The molecule has 0 saturated carbocycles. The Hall–Kier alpha value is -2.27. The van der Waals surface area contributed by atoms with Crippen LogP contribution >= 0.6 is 0 Å². The Labute approximate surface area is 244 Å². The van der Waals surface area contributed by atoms with E-state index >= 15 is 0 Å². The van der Waals surface area contributed by atoms with Crippen molar-refractivity contribution in [3.63, 3.8) is 0 Å². The summed E-state index contributed by atoms with van der Waals surface area (Å²) in [6, 6.07) is -0.831. The molecule has 4 aliphatic rings. The monoisotopic (exact) mass is 575 g/mol. The third kappa shape index (κ3) is 6.26. The molecule has 10 nitrogen and oxygen atoms in total. The van der Waals surface area contributed by atoms with Crippen molar-refractivity contribution in [2.45, 2.75) is 75.5 Å². The molecule has 1 N–H and O–H groups in total. The van der Waals surface area contributed by atoms with Gasteiger partial charge in [0.2, 0.25) is 11.8 Å². The Balaban J connectivity index is 1.60. The molecule has 41 heavy (non-hydrogen) atoms. The number of aliphatic hydroxyl groups is 1. The number of amides is 2. The van der Waals surface area contributed by atoms with Gasteiger partial charge in [0.15, 0.2) is 0 Å². The number of hydrogen-bond acceptors (Lipinski definition) is 8. The first-order chi connectivity index (χ1) is 19.9. The average molecular weight is 576 g/mol. The summed E-state index contributed by atoms with van der Waals surface area (Å²) in [4.78, 5) is 48.0. The van der Waals surface area contributed by atoms with E-state index in [9.17, 15) is 19.5 Å². The van der Waals surface area contributed by atoms with Crippen LogP contribution in [0.1, 0.15) is 58.3 Å². The van der Waals surface area contributed by atoms with E-state index in [-0.39, 0.29) is 25.0 Å². The summed E-state index contributed by atoms with van der Waals surface area (Å²) in [5.41, 5.74) is -1.89. The number of rotatable bonds is 17. The lowest BCUT2D eigenvalue weighted by molar-refractivity contribution is -0.162. The van der Waals surface area contributed by atoms with E-state index in [1.165, 1.54) is 0 Å². The number of ether oxygens (including phenoxy) is 3. The van der Waals surface area contributed by atoms with Crippen molar-refractivity contribution in [1.82, 2.24) is 14.7 Å². The summed E-state index contributed by atoms with van der Waals surface area (Å²) < 4.78 is 18.0. The van der Waals surface area contributed by atoms with Crippen LogP contribution in [0.15, 0.2) is 25.3 Å². The SMILES string of the molecule is C=CCCCCOC(=O)[C@@H]1[C@H]2C(=O)N(CCCCO)C(C(=O)N(CC=C)CCN3CCOCC3)C23CC[C@@]1(CC)O3. The van der Waals surface area contributed by atoms with E-state index in [0.717, 1.165) is 32.4 Å². The van der Waals surface area contributed by atoms with Gasteiger partial charge in [0.1, 0.15) is 17.6 Å². The highest BCUT2D eigenvalue weighted by atomic mass is 16.6. The maximum Gasteiger partial charge on any atom is 0.312 e. The number of likely N-dealkylation sites (tertiary alicyclic amines) is 1. The molecule has 0 aromatic carbocycles. The van der Waals surface area contributed by atoms with Crippen molar-refractivity contribution in [2.24, 2.45) is 11.8 Å². The zero-order chi connectivity index (χ0) is 29.5. The number of allylic oxidation sites excluding steroid dienone is 1. The van der Waals surface area contributed by atoms with E-state index in [0.29, 0.717) is 71.5 Å². The van der Waals surface area contributed by atoms with Crippen LogP contribution in [0.25, 0.3) is 0 Å². The number of esters is 1. The minimum absolute atomic E-state index is 0.00754. The van der Waals surface area contributed by atoms with Gasteiger partial charge in [-0.1, -0.05) is 19.1 Å². The van der Waals surface area contributed by atoms with Crippen LogP contribution in [0.5, 0.6) is 0 Å². The lowest BCUT2D eigenvalue weighted by Gasteiger charge is -2.37. The third-order valence-corrected chi connectivity index (χ3v) is 9.47. The van der Waals surface area contributed by atoms with E-state index < -0.39 is 35.0 Å². The smallest absolute Gasteiger partial charge is 0.312 e. The molecular formula is C31H49N3O7. The zero-order valence-corrected chi connectivity index (χ0v) is 24.8. The lowest BCUT2D eigenvalue weighted by atomic mass is 9.65. The number of aliphatic hydroxyl groups excluding tert-OH is 1. The van der Waals surface area contributed by atoms with Crippen molar-refractivity contribution in [1.29, 1.82) is 0 Å². The lowest BCUT2D eigenvalue weighted by Crippen LogP contribution is -2.57. The molecule has 10 heteroatoms. The molecule has 2 amide bonds. The predicted octanol–water partition coefficient (Wildman–Crippen LogP) is 2.16. The number of hydrogen-bond donors (Lipinski definition) is 1. The predicted molar refractivity (Wildman–Crippen MR) is 154 cm³/mol. The third-order valence-electron chi connectivity index (χ3n) is 9.47. The molecule has 4 aliphatic heterocycles. The number of unbranched alkanes of at least 4 members (excludes halogenated alkanes) is 3. The summed E-state index contributed by atoms with van der Waals surface area (Å²) in [5.74, 6) is -2.28. The molecule has 2 bridgehead atoms. The maximum absolute atomic E-state index is 14.5. The van der Waals surface area contributed by atoms with Crippen LogP contribution in [0.2, 0.25) is 0 Å². The fourth-order valence-corrected chi connectivity index (χ4v) is 7.35. The molecule has 4 rings (SSSR count). The fraction of sp³-hybridized carbons (Fsp3) is 0.774. The van der Waals surface area contributed by atoms with E-state index in [1.807, 2.05) is 13.0 Å². The molecule has 5 atom stereocenters. The van der Waals surface area contributed by atoms with Gasteiger partial charge in [0.05, 0.1) is 31.3 Å². The Bertz CT molecular complexity index is 954. The molecule has 230 valence electrons. The number of morpholine rings is 1.